The number of nitrogens with one attached hydrogen (secondary N) is 1. The molecule has 0 rings (SSSR count). The minimum atomic E-state index is -4.44. The monoisotopic (exact) mass is 1040 g/mol. The molecule has 73 heavy (non-hydrogen) atoms. The van der Waals surface area contributed by atoms with Gasteiger partial charge in [-0.3, -0.25) is 13.8 Å². The van der Waals surface area contributed by atoms with Crippen molar-refractivity contribution in [2.75, 3.05) is 40.9 Å². The van der Waals surface area contributed by atoms with Crippen LogP contribution >= 0.6 is 7.82 Å². The number of rotatable bonds is 50. The van der Waals surface area contributed by atoms with E-state index in [0.29, 0.717) is 23.9 Å². The smallest absolute Gasteiger partial charge is 0.390 e. The average Bonchev–Trinajstić information content (AvgIpc) is 3.35. The maximum absolute atomic E-state index is 13.0. The van der Waals surface area contributed by atoms with Crippen molar-refractivity contribution in [1.29, 1.82) is 0 Å². The number of quaternary nitrogens is 1. The van der Waals surface area contributed by atoms with Crippen LogP contribution in [0, 0.1) is 0 Å². The Morgan fingerprint density at radius 3 is 1.23 bits per heavy atom. The number of carbonyl (C=O) groups excluding carboxylic acids is 1. The molecule has 0 aromatic rings. The van der Waals surface area contributed by atoms with Crippen molar-refractivity contribution in [3.63, 3.8) is 0 Å². The number of phosphoric acid groups is 1. The van der Waals surface area contributed by atoms with Gasteiger partial charge >= 0.3 is 7.82 Å². The minimum absolute atomic E-state index is 0.00768. The van der Waals surface area contributed by atoms with Crippen LogP contribution in [0.4, 0.5) is 0 Å². The number of nitrogens with zero attached hydrogens (tertiary/aromatic N) is 1. The van der Waals surface area contributed by atoms with Gasteiger partial charge < -0.3 is 24.9 Å². The van der Waals surface area contributed by atoms with Crippen molar-refractivity contribution >= 4 is 13.7 Å². The second kappa shape index (κ2) is 52.1. The second-order valence-corrected chi connectivity index (χ2v) is 21.5. The fourth-order valence-corrected chi connectivity index (χ4v) is 8.23. The van der Waals surface area contributed by atoms with E-state index < -0.39 is 32.7 Å². The normalized spacial score (nSPS) is 15.3. The van der Waals surface area contributed by atoms with Crippen LogP contribution in [0.3, 0.4) is 0 Å². The van der Waals surface area contributed by atoms with E-state index in [2.05, 4.69) is 153 Å². The number of unbranched alkanes of at least 4 members (excludes halogenated alkanes) is 14. The van der Waals surface area contributed by atoms with Gasteiger partial charge in [0.15, 0.2) is 0 Å². The zero-order valence-corrected chi connectivity index (χ0v) is 47.8. The SMILES string of the molecule is CC/C=C\C/C=C\C/C=C\C/C=C\C/C=C\C/C=C\C/C=C\C/C=C\C/C=C\C/C=C\C/C=C\CCCCCC(=O)NC(COP(=O)(O)OCC[N+](C)(C)C)C(O)C(O)CCCCCCCCCCCCCC. The molecular formula is C63H108N2O7P+. The number of aliphatic hydroxyl groups is 2. The summed E-state index contributed by atoms with van der Waals surface area (Å²) in [5.74, 6) is -0.296. The second-order valence-electron chi connectivity index (χ2n) is 20.1. The van der Waals surface area contributed by atoms with Crippen molar-refractivity contribution in [2.24, 2.45) is 0 Å². The van der Waals surface area contributed by atoms with Crippen molar-refractivity contribution in [2.45, 2.75) is 218 Å². The zero-order chi connectivity index (χ0) is 53.6. The maximum Gasteiger partial charge on any atom is 0.472 e. The fourth-order valence-electron chi connectivity index (χ4n) is 7.50. The van der Waals surface area contributed by atoms with Crippen LogP contribution in [-0.4, -0.2) is 84.6 Å². The van der Waals surface area contributed by atoms with Crippen molar-refractivity contribution in [1.82, 2.24) is 5.32 Å². The number of amides is 1. The van der Waals surface area contributed by atoms with Gasteiger partial charge in [-0.05, 0) is 96.3 Å². The van der Waals surface area contributed by atoms with E-state index in [-0.39, 0.29) is 18.9 Å². The quantitative estimate of drug-likeness (QED) is 0.0207. The fraction of sp³-hybridized carbons (Fsp3) is 0.635. The standard InChI is InChI=1S/C63H107N2O7P/c1-6-8-10-12-14-16-18-20-21-22-23-24-25-26-27-28-29-30-31-32-33-34-35-36-37-38-39-40-41-42-43-44-46-48-50-52-54-56-62(67)64-60(59-72-73(69,70)71-58-57-65(3,4)5)63(68)61(66)55-53-51-49-47-45-19-17-15-13-11-9-7-2/h8,10,14,16,20-21,23-24,26-27,29-30,32-33,35-36,38-39,41-42,44,46,60-61,63,66,68H,6-7,9,11-13,15,17-19,22,25,28,31,34,37,40,43,45,47-59H2,1-5H3,(H-,64,67,69,70)/p+1/b10-8-,16-14-,21-20-,24-23-,27-26-,30-29-,33-32-,36-35-,39-38-,42-41-,46-44-. The summed E-state index contributed by atoms with van der Waals surface area (Å²) in [5, 5.41) is 24.8. The molecule has 0 bridgehead atoms. The molecule has 10 heteroatoms. The number of hydrogen-bond donors (Lipinski definition) is 4. The minimum Gasteiger partial charge on any atom is -0.390 e. The number of phosphoric ester groups is 1. The Hall–Kier alpha value is -3.40. The van der Waals surface area contributed by atoms with E-state index in [0.717, 1.165) is 109 Å². The van der Waals surface area contributed by atoms with Crippen molar-refractivity contribution in [3.05, 3.63) is 134 Å². The molecule has 0 spiro atoms. The summed E-state index contributed by atoms with van der Waals surface area (Å²) in [6.45, 7) is 4.44. The maximum atomic E-state index is 13.0. The van der Waals surface area contributed by atoms with Crippen LogP contribution < -0.4 is 5.32 Å². The third-order valence-corrected chi connectivity index (χ3v) is 13.0. The average molecular weight is 1040 g/mol. The molecule has 0 heterocycles. The van der Waals surface area contributed by atoms with Crippen molar-refractivity contribution in [3.8, 4) is 0 Å². The molecule has 4 N–H and O–H groups in total. The molecule has 0 aromatic carbocycles. The topological polar surface area (TPSA) is 125 Å². The predicted octanol–water partition coefficient (Wildman–Crippen LogP) is 16.5. The Balaban J connectivity index is 4.30. The van der Waals surface area contributed by atoms with Gasteiger partial charge in [-0.15, -0.1) is 0 Å². The van der Waals surface area contributed by atoms with Crippen LogP contribution in [-0.2, 0) is 18.4 Å². The molecular weight excluding hydrogens is 928 g/mol. The van der Waals surface area contributed by atoms with Gasteiger partial charge in [0.2, 0.25) is 5.91 Å². The molecule has 1 amide bonds. The van der Waals surface area contributed by atoms with Gasteiger partial charge in [0, 0.05) is 6.42 Å². The Labute approximate surface area is 448 Å². The molecule has 9 nitrogen and oxygen atoms in total. The Morgan fingerprint density at radius 2 is 0.849 bits per heavy atom. The molecule has 0 aliphatic carbocycles. The first kappa shape index (κ1) is 69.6. The van der Waals surface area contributed by atoms with Crippen LogP contribution in [0.25, 0.3) is 0 Å². The summed E-state index contributed by atoms with van der Waals surface area (Å²) in [7, 11) is 1.39. The summed E-state index contributed by atoms with van der Waals surface area (Å²) in [6, 6.07) is -1.06. The lowest BCUT2D eigenvalue weighted by atomic mass is 9.99. The van der Waals surface area contributed by atoms with E-state index >= 15 is 0 Å². The largest absolute Gasteiger partial charge is 0.472 e. The van der Waals surface area contributed by atoms with E-state index in [1.165, 1.54) is 57.8 Å². The first-order chi connectivity index (χ1) is 35.4. The summed E-state index contributed by atoms with van der Waals surface area (Å²) >= 11 is 0. The zero-order valence-electron chi connectivity index (χ0n) is 46.9. The van der Waals surface area contributed by atoms with E-state index in [1.54, 1.807) is 0 Å². The first-order valence-corrected chi connectivity index (χ1v) is 30.1. The lowest BCUT2D eigenvalue weighted by molar-refractivity contribution is -0.870. The van der Waals surface area contributed by atoms with Crippen LogP contribution in [0.2, 0.25) is 0 Å². The highest BCUT2D eigenvalue weighted by Gasteiger charge is 2.31. The Kier molecular flexibility index (Phi) is 49.6. The number of aliphatic hydroxyl groups excluding tert-OH is 2. The summed E-state index contributed by atoms with van der Waals surface area (Å²) in [6.07, 6.45) is 75.4. The van der Waals surface area contributed by atoms with Crippen LogP contribution in [0.5, 0.6) is 0 Å². The Morgan fingerprint density at radius 1 is 0.493 bits per heavy atom. The molecule has 4 unspecified atom stereocenters. The number of likely N-dealkylation sites (N-methyl/N-ethyl adjacent to an activating group) is 1. The van der Waals surface area contributed by atoms with Gasteiger partial charge in [0.05, 0.1) is 39.9 Å². The molecule has 0 fully saturated rings. The first-order valence-electron chi connectivity index (χ1n) is 28.6. The van der Waals surface area contributed by atoms with Crippen LogP contribution in [0.1, 0.15) is 200 Å². The molecule has 416 valence electrons. The number of allylic oxidation sites excluding steroid dienone is 22. The summed E-state index contributed by atoms with van der Waals surface area (Å²) in [4.78, 5) is 23.3. The highest BCUT2D eigenvalue weighted by molar-refractivity contribution is 7.47. The van der Waals surface area contributed by atoms with Crippen molar-refractivity contribution < 1.29 is 38.0 Å². The highest BCUT2D eigenvalue weighted by atomic mass is 31.2. The lowest BCUT2D eigenvalue weighted by Gasteiger charge is -2.28. The third-order valence-electron chi connectivity index (χ3n) is 12.0. The van der Waals surface area contributed by atoms with E-state index in [1.807, 2.05) is 21.1 Å². The van der Waals surface area contributed by atoms with Gasteiger partial charge in [-0.2, -0.15) is 0 Å². The third kappa shape index (κ3) is 53.2. The Bertz CT molecular complexity index is 1660. The molecule has 0 aliphatic rings. The van der Waals surface area contributed by atoms with Gasteiger partial charge in [-0.1, -0.05) is 231 Å². The summed E-state index contributed by atoms with van der Waals surface area (Å²) in [5.41, 5.74) is 0. The number of hydrogen-bond acceptors (Lipinski definition) is 6. The van der Waals surface area contributed by atoms with Gasteiger partial charge in [0.25, 0.3) is 0 Å². The predicted molar refractivity (Wildman–Crippen MR) is 314 cm³/mol. The van der Waals surface area contributed by atoms with Gasteiger partial charge in [-0.25, -0.2) is 4.57 Å². The molecule has 0 aliphatic heterocycles. The van der Waals surface area contributed by atoms with E-state index in [4.69, 9.17) is 9.05 Å². The molecule has 0 aromatic heterocycles. The number of carbonyl (C=O) groups is 1. The molecule has 0 saturated heterocycles. The summed E-state index contributed by atoms with van der Waals surface area (Å²) < 4.78 is 23.6. The highest BCUT2D eigenvalue weighted by Crippen LogP contribution is 2.43. The lowest BCUT2D eigenvalue weighted by Crippen LogP contribution is -2.51. The van der Waals surface area contributed by atoms with E-state index in [9.17, 15) is 24.5 Å². The molecule has 0 saturated carbocycles. The molecule has 4 atom stereocenters. The van der Waals surface area contributed by atoms with Crippen LogP contribution in [0.15, 0.2) is 134 Å². The molecule has 0 radical (unpaired) electrons. The van der Waals surface area contributed by atoms with Gasteiger partial charge in [0.1, 0.15) is 19.3 Å².